The molecule has 14 heavy (non-hydrogen) atoms. The summed E-state index contributed by atoms with van der Waals surface area (Å²) < 4.78 is 25.4. The van der Waals surface area contributed by atoms with Gasteiger partial charge in [-0.1, -0.05) is 29.3 Å². The van der Waals surface area contributed by atoms with Crippen molar-refractivity contribution in [2.45, 2.75) is 33.6 Å². The van der Waals surface area contributed by atoms with Crippen LogP contribution in [-0.4, -0.2) is 13.8 Å². The van der Waals surface area contributed by atoms with Gasteiger partial charge in [0, 0.05) is 6.92 Å². The predicted molar refractivity (Wildman–Crippen MR) is 57.6 cm³/mol. The van der Waals surface area contributed by atoms with Gasteiger partial charge < -0.3 is 0 Å². The summed E-state index contributed by atoms with van der Waals surface area (Å²) in [6.07, 6.45) is 4.73. The maximum Gasteiger partial charge on any atom is 0.266 e. The summed E-state index contributed by atoms with van der Waals surface area (Å²) in [7, 11) is 5.59. The van der Waals surface area contributed by atoms with E-state index in [-0.39, 0.29) is 5.57 Å². The zero-order valence-corrected chi connectivity index (χ0v) is 9.07. The van der Waals surface area contributed by atoms with Crippen molar-refractivity contribution in [1.29, 1.82) is 0 Å². The molecule has 0 fully saturated rings. The Morgan fingerprint density at radius 2 is 1.71 bits per heavy atom. The molecule has 0 aliphatic heterocycles. The average molecular weight is 196 g/mol. The van der Waals surface area contributed by atoms with Crippen molar-refractivity contribution < 1.29 is 8.78 Å². The lowest BCUT2D eigenvalue weighted by molar-refractivity contribution is 0.0635. The van der Waals surface area contributed by atoms with Gasteiger partial charge in [0.15, 0.2) is 0 Å². The normalized spacial score (nSPS) is 16.0. The highest BCUT2D eigenvalue weighted by Crippen LogP contribution is 2.22. The van der Waals surface area contributed by atoms with E-state index < -0.39 is 5.92 Å². The largest absolute Gasteiger partial charge is 0.266 e. The molecule has 0 saturated heterocycles. The molecule has 0 aromatic rings. The summed E-state index contributed by atoms with van der Waals surface area (Å²) in [5.74, 6) is -2.76. The number of hydrogen-bond acceptors (Lipinski definition) is 0. The van der Waals surface area contributed by atoms with Crippen molar-refractivity contribution in [3.05, 3.63) is 34.8 Å². The highest BCUT2D eigenvalue weighted by molar-refractivity contribution is 6.24. The van der Waals surface area contributed by atoms with Gasteiger partial charge in [-0.15, -0.1) is 0 Å². The van der Waals surface area contributed by atoms with Crippen molar-refractivity contribution in [2.24, 2.45) is 0 Å². The maximum absolute atomic E-state index is 12.7. The van der Waals surface area contributed by atoms with E-state index in [1.807, 2.05) is 0 Å². The second kappa shape index (κ2) is 5.13. The number of alkyl halides is 2. The van der Waals surface area contributed by atoms with Gasteiger partial charge in [-0.25, -0.2) is 8.78 Å². The zero-order valence-electron chi connectivity index (χ0n) is 9.07. The van der Waals surface area contributed by atoms with Gasteiger partial charge in [-0.3, -0.25) is 0 Å². The molecule has 0 amide bonds. The fraction of sp³-hybridized carbons (Fsp3) is 0.455. The van der Waals surface area contributed by atoms with Crippen LogP contribution in [0.3, 0.4) is 0 Å². The van der Waals surface area contributed by atoms with Crippen LogP contribution in [-0.2, 0) is 0 Å². The van der Waals surface area contributed by atoms with Crippen LogP contribution in [0.1, 0.15) is 27.7 Å². The van der Waals surface area contributed by atoms with E-state index in [4.69, 9.17) is 7.85 Å². The first kappa shape index (κ1) is 13.1. The molecule has 3 heteroatoms. The Hall–Kier alpha value is -0.855. The van der Waals surface area contributed by atoms with Crippen LogP contribution >= 0.6 is 0 Å². The third-order valence-corrected chi connectivity index (χ3v) is 2.04. The molecule has 0 aromatic carbocycles. The first-order chi connectivity index (χ1) is 6.29. The number of rotatable bonds is 3. The molecule has 0 heterocycles. The molecular weight excluding hydrogens is 181 g/mol. The molecule has 2 radical (unpaired) electrons. The Morgan fingerprint density at radius 3 is 2.07 bits per heavy atom. The fourth-order valence-electron chi connectivity index (χ4n) is 0.720. The Labute approximate surface area is 85.8 Å². The van der Waals surface area contributed by atoms with Gasteiger partial charge in [0.1, 0.15) is 7.85 Å². The van der Waals surface area contributed by atoms with Crippen LogP contribution in [0.15, 0.2) is 34.8 Å². The van der Waals surface area contributed by atoms with Gasteiger partial charge >= 0.3 is 0 Å². The quantitative estimate of drug-likeness (QED) is 0.477. The molecule has 0 saturated carbocycles. The standard InChI is InChI=1S/C11H15BF2/c1-5-10(12)8(2)6-7-9(3)11(4,13)14/h5-7H,1-4H3/b8-6-,9-7+,10-5+. The van der Waals surface area contributed by atoms with E-state index in [1.54, 1.807) is 26.0 Å². The second-order valence-electron chi connectivity index (χ2n) is 3.33. The predicted octanol–water partition coefficient (Wildman–Crippen LogP) is 3.61. The molecule has 0 bridgehead atoms. The lowest BCUT2D eigenvalue weighted by Gasteiger charge is -2.09. The van der Waals surface area contributed by atoms with Crippen LogP contribution in [0.5, 0.6) is 0 Å². The Kier molecular flexibility index (Phi) is 4.82. The van der Waals surface area contributed by atoms with Crippen molar-refractivity contribution in [1.82, 2.24) is 0 Å². The molecule has 76 valence electrons. The minimum atomic E-state index is -2.76. The van der Waals surface area contributed by atoms with E-state index in [1.165, 1.54) is 13.0 Å². The smallest absolute Gasteiger partial charge is 0.202 e. The second-order valence-corrected chi connectivity index (χ2v) is 3.33. The molecule has 0 atom stereocenters. The average Bonchev–Trinajstić information content (AvgIpc) is 2.10. The summed E-state index contributed by atoms with van der Waals surface area (Å²) in [6, 6.07) is 0. The molecule has 0 aromatic heterocycles. The molecule has 0 aliphatic carbocycles. The van der Waals surface area contributed by atoms with E-state index in [2.05, 4.69) is 0 Å². The van der Waals surface area contributed by atoms with Gasteiger partial charge in [0.2, 0.25) is 0 Å². The van der Waals surface area contributed by atoms with E-state index in [0.29, 0.717) is 5.47 Å². The van der Waals surface area contributed by atoms with E-state index >= 15 is 0 Å². The fourth-order valence-corrected chi connectivity index (χ4v) is 0.720. The molecule has 0 N–H and O–H groups in total. The molecule has 0 rings (SSSR count). The lowest BCUT2D eigenvalue weighted by atomic mass is 9.88. The molecule has 0 nitrogen and oxygen atoms in total. The number of allylic oxidation sites excluding steroid dienone is 6. The summed E-state index contributed by atoms with van der Waals surface area (Å²) in [6.45, 7) is 5.86. The van der Waals surface area contributed by atoms with Crippen LogP contribution < -0.4 is 0 Å². The topological polar surface area (TPSA) is 0 Å². The van der Waals surface area contributed by atoms with Crippen molar-refractivity contribution in [2.75, 3.05) is 0 Å². The summed E-state index contributed by atoms with van der Waals surface area (Å²) in [4.78, 5) is 0. The Balaban J connectivity index is 4.72. The summed E-state index contributed by atoms with van der Waals surface area (Å²) in [5.41, 5.74) is 1.42. The van der Waals surface area contributed by atoms with Gasteiger partial charge in [0.05, 0.1) is 0 Å². The SMILES string of the molecule is [B]C(=C/C)/C(C)=C\C=C(/C)C(C)(F)F. The third kappa shape index (κ3) is 4.40. The van der Waals surface area contributed by atoms with Crippen LogP contribution in [0, 0.1) is 0 Å². The number of hydrogen-bond donors (Lipinski definition) is 0. The summed E-state index contributed by atoms with van der Waals surface area (Å²) in [5, 5.41) is 0. The van der Waals surface area contributed by atoms with Crippen LogP contribution in [0.4, 0.5) is 8.78 Å². The van der Waals surface area contributed by atoms with Gasteiger partial charge in [-0.05, 0) is 26.3 Å². The minimum absolute atomic E-state index is 0.0285. The van der Waals surface area contributed by atoms with Crippen molar-refractivity contribution in [3.63, 3.8) is 0 Å². The van der Waals surface area contributed by atoms with Gasteiger partial charge in [0.25, 0.3) is 5.92 Å². The van der Waals surface area contributed by atoms with E-state index in [9.17, 15) is 8.78 Å². The minimum Gasteiger partial charge on any atom is -0.202 e. The van der Waals surface area contributed by atoms with Crippen LogP contribution in [0.2, 0.25) is 0 Å². The van der Waals surface area contributed by atoms with Crippen LogP contribution in [0.25, 0.3) is 0 Å². The lowest BCUT2D eigenvalue weighted by Crippen LogP contribution is -2.10. The highest BCUT2D eigenvalue weighted by Gasteiger charge is 2.22. The first-order valence-electron chi connectivity index (χ1n) is 4.44. The van der Waals surface area contributed by atoms with Gasteiger partial charge in [-0.2, -0.15) is 0 Å². The monoisotopic (exact) mass is 196 g/mol. The Morgan fingerprint density at radius 1 is 1.21 bits per heavy atom. The molecule has 0 aliphatic rings. The Bertz CT molecular complexity index is 280. The zero-order chi connectivity index (χ0) is 11.4. The van der Waals surface area contributed by atoms with Crippen molar-refractivity contribution in [3.8, 4) is 0 Å². The summed E-state index contributed by atoms with van der Waals surface area (Å²) >= 11 is 0. The number of halogens is 2. The molecule has 0 unspecified atom stereocenters. The van der Waals surface area contributed by atoms with E-state index in [0.717, 1.165) is 12.5 Å². The van der Waals surface area contributed by atoms with Crippen molar-refractivity contribution >= 4 is 7.85 Å². The molecule has 0 spiro atoms. The molecular formula is C11H15BF2. The maximum atomic E-state index is 12.7. The first-order valence-corrected chi connectivity index (χ1v) is 4.44. The highest BCUT2D eigenvalue weighted by atomic mass is 19.3. The third-order valence-electron chi connectivity index (χ3n) is 2.04.